The number of sulfonamides is 1. The molecule has 2 aromatic rings. The van der Waals surface area contributed by atoms with Gasteiger partial charge in [-0.05, 0) is 67.8 Å². The van der Waals surface area contributed by atoms with E-state index in [9.17, 15) is 18.0 Å². The summed E-state index contributed by atoms with van der Waals surface area (Å²) < 4.78 is 32.7. The third-order valence-corrected chi connectivity index (χ3v) is 6.84. The molecule has 0 aromatic heterocycles. The Hall–Kier alpha value is -2.91. The fraction of sp³-hybridized carbons (Fsp3) is 0.364. The first kappa shape index (κ1) is 22.8. The number of benzene rings is 2. The van der Waals surface area contributed by atoms with Crippen LogP contribution in [-0.4, -0.2) is 44.2 Å². The number of piperidine rings is 1. The van der Waals surface area contributed by atoms with E-state index in [1.165, 1.54) is 17.3 Å². The molecule has 0 bridgehead atoms. The normalized spacial score (nSPS) is 14.6. The van der Waals surface area contributed by atoms with Gasteiger partial charge in [-0.15, -0.1) is 0 Å². The van der Waals surface area contributed by atoms with Crippen molar-refractivity contribution < 1.29 is 22.7 Å². The molecule has 1 fully saturated rings. The minimum Gasteiger partial charge on any atom is -0.483 e. The van der Waals surface area contributed by atoms with Crippen LogP contribution in [0.25, 0.3) is 0 Å². The van der Waals surface area contributed by atoms with Gasteiger partial charge in [0.1, 0.15) is 5.75 Å². The second-order valence-electron chi connectivity index (χ2n) is 7.49. The number of nitrogens with zero attached hydrogens (tertiary/aromatic N) is 1. The van der Waals surface area contributed by atoms with E-state index >= 15 is 0 Å². The zero-order valence-electron chi connectivity index (χ0n) is 17.7. The van der Waals surface area contributed by atoms with Gasteiger partial charge in [-0.25, -0.2) is 8.42 Å². The van der Waals surface area contributed by atoms with Gasteiger partial charge in [0.25, 0.3) is 5.91 Å². The van der Waals surface area contributed by atoms with E-state index in [1.807, 2.05) is 0 Å². The Morgan fingerprint density at radius 1 is 0.968 bits per heavy atom. The lowest BCUT2D eigenvalue weighted by Gasteiger charge is -2.26. The summed E-state index contributed by atoms with van der Waals surface area (Å²) in [6.45, 7) is 4.05. The van der Waals surface area contributed by atoms with E-state index in [-0.39, 0.29) is 23.3 Å². The minimum absolute atomic E-state index is 0.171. The molecule has 8 nitrogen and oxygen atoms in total. The molecule has 0 saturated carbocycles. The summed E-state index contributed by atoms with van der Waals surface area (Å²) in [7, 11) is -3.51. The average Bonchev–Trinajstić information content (AvgIpc) is 2.74. The van der Waals surface area contributed by atoms with Crippen molar-refractivity contribution in [1.29, 1.82) is 0 Å². The predicted molar refractivity (Wildman–Crippen MR) is 119 cm³/mol. The molecular weight excluding hydrogens is 418 g/mol. The molecule has 2 N–H and O–H groups in total. The quantitative estimate of drug-likeness (QED) is 0.681. The molecule has 1 aliphatic heterocycles. The zero-order chi connectivity index (χ0) is 22.4. The maximum absolute atomic E-state index is 12.8. The first-order valence-corrected chi connectivity index (χ1v) is 11.6. The average molecular weight is 446 g/mol. The van der Waals surface area contributed by atoms with E-state index in [2.05, 4.69) is 10.6 Å². The van der Waals surface area contributed by atoms with E-state index in [0.717, 1.165) is 19.3 Å². The van der Waals surface area contributed by atoms with Gasteiger partial charge < -0.3 is 15.4 Å². The van der Waals surface area contributed by atoms with E-state index in [4.69, 9.17) is 4.74 Å². The van der Waals surface area contributed by atoms with E-state index in [1.54, 1.807) is 43.3 Å². The van der Waals surface area contributed by atoms with Gasteiger partial charge in [-0.3, -0.25) is 9.59 Å². The molecule has 2 amide bonds. The van der Waals surface area contributed by atoms with Crippen molar-refractivity contribution in [2.24, 2.45) is 0 Å². The third kappa shape index (κ3) is 6.05. The fourth-order valence-electron chi connectivity index (χ4n) is 3.38. The topological polar surface area (TPSA) is 105 Å². The smallest absolute Gasteiger partial charge is 0.262 e. The van der Waals surface area contributed by atoms with Crippen LogP contribution in [0.2, 0.25) is 0 Å². The molecule has 1 heterocycles. The van der Waals surface area contributed by atoms with Crippen LogP contribution in [0.15, 0.2) is 47.4 Å². The Labute approximate surface area is 182 Å². The van der Waals surface area contributed by atoms with Crippen molar-refractivity contribution in [2.75, 3.05) is 30.3 Å². The van der Waals surface area contributed by atoms with E-state index in [0.29, 0.717) is 35.8 Å². The molecule has 0 aliphatic carbocycles. The van der Waals surface area contributed by atoms with Crippen LogP contribution in [0.5, 0.6) is 5.75 Å². The molecule has 2 aromatic carbocycles. The number of carbonyl (C=O) groups excluding carboxylic acids is 2. The molecule has 0 radical (unpaired) electrons. The van der Waals surface area contributed by atoms with Gasteiger partial charge in [0.15, 0.2) is 6.61 Å². The number of anilines is 2. The van der Waals surface area contributed by atoms with Crippen molar-refractivity contribution in [2.45, 2.75) is 38.0 Å². The Kier molecular flexibility index (Phi) is 7.29. The summed E-state index contributed by atoms with van der Waals surface area (Å²) in [5.74, 6) is -0.0688. The van der Waals surface area contributed by atoms with Gasteiger partial charge in [0, 0.05) is 31.4 Å². The highest BCUT2D eigenvalue weighted by molar-refractivity contribution is 7.89. The first-order chi connectivity index (χ1) is 14.8. The molecule has 166 valence electrons. The van der Waals surface area contributed by atoms with Crippen molar-refractivity contribution in [1.82, 2.24) is 4.31 Å². The second-order valence-corrected chi connectivity index (χ2v) is 9.43. The number of amides is 2. The number of nitrogens with one attached hydrogen (secondary N) is 2. The lowest BCUT2D eigenvalue weighted by atomic mass is 10.2. The minimum atomic E-state index is -3.51. The standard InChI is InChI=1S/C22H27N3O5S/c1-16-14-20(31(28,29)25-12-4-3-5-13-25)10-11-21(16)30-15-22(27)24-19-8-6-18(7-9-19)23-17(2)26/h6-11,14H,3-5,12-13,15H2,1-2H3,(H,23,26)(H,24,27). The summed E-state index contributed by atoms with van der Waals surface area (Å²) in [4.78, 5) is 23.5. The van der Waals surface area contributed by atoms with Gasteiger partial charge in [0.05, 0.1) is 4.90 Å². The van der Waals surface area contributed by atoms with Crippen molar-refractivity contribution in [3.8, 4) is 5.75 Å². The van der Waals surface area contributed by atoms with Crippen molar-refractivity contribution in [3.63, 3.8) is 0 Å². The summed E-state index contributed by atoms with van der Waals surface area (Å²) in [5.41, 5.74) is 1.85. The molecule has 0 unspecified atom stereocenters. The molecule has 31 heavy (non-hydrogen) atoms. The Bertz CT molecular complexity index is 1050. The third-order valence-electron chi connectivity index (χ3n) is 4.95. The molecule has 0 atom stereocenters. The number of hydrogen-bond donors (Lipinski definition) is 2. The van der Waals surface area contributed by atoms with Crippen LogP contribution in [0.4, 0.5) is 11.4 Å². The van der Waals surface area contributed by atoms with Crippen LogP contribution < -0.4 is 15.4 Å². The number of ether oxygens (including phenoxy) is 1. The predicted octanol–water partition coefficient (Wildman–Crippen LogP) is 3.15. The molecular formula is C22H27N3O5S. The summed E-state index contributed by atoms with van der Waals surface area (Å²) >= 11 is 0. The van der Waals surface area contributed by atoms with Gasteiger partial charge in [-0.2, -0.15) is 4.31 Å². The number of rotatable bonds is 7. The van der Waals surface area contributed by atoms with Crippen LogP contribution in [0, 0.1) is 6.92 Å². The van der Waals surface area contributed by atoms with Crippen LogP contribution in [0.3, 0.4) is 0 Å². The largest absolute Gasteiger partial charge is 0.483 e. The van der Waals surface area contributed by atoms with Crippen LogP contribution in [0.1, 0.15) is 31.7 Å². The zero-order valence-corrected chi connectivity index (χ0v) is 18.5. The van der Waals surface area contributed by atoms with E-state index < -0.39 is 10.0 Å². The van der Waals surface area contributed by atoms with Crippen molar-refractivity contribution >= 4 is 33.2 Å². The highest BCUT2D eigenvalue weighted by atomic mass is 32.2. The molecule has 9 heteroatoms. The highest BCUT2D eigenvalue weighted by Gasteiger charge is 2.26. The summed E-state index contributed by atoms with van der Waals surface area (Å²) in [5, 5.41) is 5.36. The second kappa shape index (κ2) is 9.93. The van der Waals surface area contributed by atoms with Crippen molar-refractivity contribution in [3.05, 3.63) is 48.0 Å². The number of aryl methyl sites for hydroxylation is 1. The SMILES string of the molecule is CC(=O)Nc1ccc(NC(=O)COc2ccc(S(=O)(=O)N3CCCCC3)cc2C)cc1. The Balaban J connectivity index is 1.57. The monoisotopic (exact) mass is 445 g/mol. The summed E-state index contributed by atoms with van der Waals surface area (Å²) in [6.07, 6.45) is 2.81. The van der Waals surface area contributed by atoms with Crippen LogP contribution in [-0.2, 0) is 19.6 Å². The van der Waals surface area contributed by atoms with Gasteiger partial charge in [-0.1, -0.05) is 6.42 Å². The Morgan fingerprint density at radius 2 is 1.58 bits per heavy atom. The lowest BCUT2D eigenvalue weighted by molar-refractivity contribution is -0.118. The number of carbonyl (C=O) groups is 2. The maximum Gasteiger partial charge on any atom is 0.262 e. The maximum atomic E-state index is 12.8. The Morgan fingerprint density at radius 3 is 2.16 bits per heavy atom. The molecule has 1 aliphatic rings. The first-order valence-electron chi connectivity index (χ1n) is 10.2. The molecule has 3 rings (SSSR count). The lowest BCUT2D eigenvalue weighted by Crippen LogP contribution is -2.35. The molecule has 1 saturated heterocycles. The number of hydrogen-bond acceptors (Lipinski definition) is 5. The fourth-order valence-corrected chi connectivity index (χ4v) is 4.98. The summed E-state index contributed by atoms with van der Waals surface area (Å²) in [6, 6.07) is 11.4. The van der Waals surface area contributed by atoms with Gasteiger partial charge in [0.2, 0.25) is 15.9 Å². The molecule has 0 spiro atoms. The van der Waals surface area contributed by atoms with Crippen LogP contribution >= 0.6 is 0 Å². The highest BCUT2D eigenvalue weighted by Crippen LogP contribution is 2.26. The van der Waals surface area contributed by atoms with Gasteiger partial charge >= 0.3 is 0 Å².